The molecule has 1 saturated carbocycles. The van der Waals surface area contributed by atoms with E-state index in [9.17, 15) is 0 Å². The van der Waals surface area contributed by atoms with E-state index in [-0.39, 0.29) is 0 Å². The summed E-state index contributed by atoms with van der Waals surface area (Å²) in [6, 6.07) is 6.73. The van der Waals surface area contributed by atoms with Crippen LogP contribution in [0.2, 0.25) is 0 Å². The Hall–Kier alpha value is -0.540. The van der Waals surface area contributed by atoms with Crippen LogP contribution in [0.3, 0.4) is 0 Å². The van der Waals surface area contributed by atoms with Crippen LogP contribution in [0.1, 0.15) is 44.2 Å². The van der Waals surface area contributed by atoms with Crippen LogP contribution in [0, 0.1) is 11.8 Å². The molecule has 1 aliphatic rings. The van der Waals surface area contributed by atoms with Crippen molar-refractivity contribution in [3.05, 3.63) is 28.2 Å². The third-order valence-electron chi connectivity index (χ3n) is 4.39. The SMILES string of the molecule is CNC(c1ccc(OC)cc1Br)C1CCC(C)CC1. The molecule has 19 heavy (non-hydrogen) atoms. The Bertz CT molecular complexity index is 413. The van der Waals surface area contributed by atoms with E-state index in [1.807, 2.05) is 0 Å². The van der Waals surface area contributed by atoms with Gasteiger partial charge in [0.25, 0.3) is 0 Å². The molecule has 3 heteroatoms. The highest BCUT2D eigenvalue weighted by Crippen LogP contribution is 2.39. The van der Waals surface area contributed by atoms with E-state index in [0.717, 1.165) is 22.1 Å². The second kappa shape index (κ2) is 6.76. The van der Waals surface area contributed by atoms with Crippen molar-refractivity contribution in [2.75, 3.05) is 14.2 Å². The van der Waals surface area contributed by atoms with E-state index >= 15 is 0 Å². The molecule has 0 amide bonds. The third-order valence-corrected chi connectivity index (χ3v) is 5.07. The molecular formula is C16H24BrNO. The van der Waals surface area contributed by atoms with Crippen molar-refractivity contribution >= 4 is 15.9 Å². The molecule has 1 aromatic carbocycles. The summed E-state index contributed by atoms with van der Waals surface area (Å²) in [5.74, 6) is 2.54. The normalized spacial score (nSPS) is 25.1. The van der Waals surface area contributed by atoms with Crippen LogP contribution in [0.15, 0.2) is 22.7 Å². The number of methoxy groups -OCH3 is 1. The average Bonchev–Trinajstić information content (AvgIpc) is 2.43. The summed E-state index contributed by atoms with van der Waals surface area (Å²) in [5.41, 5.74) is 1.35. The maximum atomic E-state index is 5.27. The summed E-state index contributed by atoms with van der Waals surface area (Å²) in [4.78, 5) is 0. The molecule has 0 bridgehead atoms. The molecular weight excluding hydrogens is 302 g/mol. The maximum absolute atomic E-state index is 5.27. The molecule has 0 saturated heterocycles. The molecule has 106 valence electrons. The number of hydrogen-bond acceptors (Lipinski definition) is 2. The van der Waals surface area contributed by atoms with Crippen LogP contribution >= 0.6 is 15.9 Å². The van der Waals surface area contributed by atoms with Gasteiger partial charge in [0.2, 0.25) is 0 Å². The van der Waals surface area contributed by atoms with Gasteiger partial charge in [-0.25, -0.2) is 0 Å². The Balaban J connectivity index is 2.17. The lowest BCUT2D eigenvalue weighted by molar-refractivity contribution is 0.237. The van der Waals surface area contributed by atoms with Crippen LogP contribution in [0.5, 0.6) is 5.75 Å². The maximum Gasteiger partial charge on any atom is 0.120 e. The number of halogens is 1. The quantitative estimate of drug-likeness (QED) is 0.877. The largest absolute Gasteiger partial charge is 0.497 e. The first-order valence-corrected chi connectivity index (χ1v) is 7.95. The van der Waals surface area contributed by atoms with Crippen molar-refractivity contribution in [1.29, 1.82) is 0 Å². The molecule has 2 nitrogen and oxygen atoms in total. The van der Waals surface area contributed by atoms with Crippen molar-refractivity contribution in [3.63, 3.8) is 0 Å². The summed E-state index contributed by atoms with van der Waals surface area (Å²) in [6.07, 6.45) is 5.36. The standard InChI is InChI=1S/C16H24BrNO/c1-11-4-6-12(7-5-11)16(18-2)14-9-8-13(19-3)10-15(14)17/h8-12,16,18H,4-7H2,1-3H3. The summed E-state index contributed by atoms with van der Waals surface area (Å²) in [7, 11) is 3.78. The van der Waals surface area contributed by atoms with Gasteiger partial charge >= 0.3 is 0 Å². The zero-order chi connectivity index (χ0) is 13.8. The Morgan fingerprint density at radius 2 is 1.95 bits per heavy atom. The van der Waals surface area contributed by atoms with Crippen LogP contribution in [0.4, 0.5) is 0 Å². The van der Waals surface area contributed by atoms with Crippen LogP contribution < -0.4 is 10.1 Å². The third kappa shape index (κ3) is 3.51. The molecule has 2 rings (SSSR count). The van der Waals surface area contributed by atoms with Gasteiger partial charge in [-0.3, -0.25) is 0 Å². The monoisotopic (exact) mass is 325 g/mol. The topological polar surface area (TPSA) is 21.3 Å². The van der Waals surface area contributed by atoms with E-state index < -0.39 is 0 Å². The zero-order valence-electron chi connectivity index (χ0n) is 12.1. The predicted octanol–water partition coefficient (Wildman–Crippen LogP) is 4.54. The van der Waals surface area contributed by atoms with E-state index in [1.165, 1.54) is 31.2 Å². The molecule has 0 heterocycles. The van der Waals surface area contributed by atoms with Crippen LogP contribution in [-0.2, 0) is 0 Å². The first-order valence-electron chi connectivity index (χ1n) is 7.16. The van der Waals surface area contributed by atoms with Gasteiger partial charge in [0.1, 0.15) is 5.75 Å². The van der Waals surface area contributed by atoms with Gasteiger partial charge in [-0.1, -0.05) is 41.8 Å². The first-order chi connectivity index (χ1) is 9.15. The highest BCUT2D eigenvalue weighted by molar-refractivity contribution is 9.10. The zero-order valence-corrected chi connectivity index (χ0v) is 13.7. The minimum absolute atomic E-state index is 0.438. The van der Waals surface area contributed by atoms with Gasteiger partial charge in [0, 0.05) is 10.5 Å². The Morgan fingerprint density at radius 1 is 1.26 bits per heavy atom. The van der Waals surface area contributed by atoms with Crippen molar-refractivity contribution < 1.29 is 4.74 Å². The molecule has 1 fully saturated rings. The van der Waals surface area contributed by atoms with Crippen molar-refractivity contribution in [3.8, 4) is 5.75 Å². The minimum Gasteiger partial charge on any atom is -0.497 e. The lowest BCUT2D eigenvalue weighted by Gasteiger charge is -2.33. The molecule has 0 spiro atoms. The number of ether oxygens (including phenoxy) is 1. The van der Waals surface area contributed by atoms with Gasteiger partial charge in [0.05, 0.1) is 7.11 Å². The Morgan fingerprint density at radius 3 is 2.47 bits per heavy atom. The first kappa shape index (κ1) is 14.9. The molecule has 1 aromatic rings. The summed E-state index contributed by atoms with van der Waals surface area (Å²) in [6.45, 7) is 2.37. The molecule has 1 N–H and O–H groups in total. The van der Waals surface area contributed by atoms with E-state index in [1.54, 1.807) is 7.11 Å². The second-order valence-electron chi connectivity index (χ2n) is 5.67. The van der Waals surface area contributed by atoms with E-state index in [0.29, 0.717) is 6.04 Å². The van der Waals surface area contributed by atoms with E-state index in [4.69, 9.17) is 4.74 Å². The lowest BCUT2D eigenvalue weighted by atomic mass is 9.77. The fourth-order valence-electron chi connectivity index (χ4n) is 3.15. The minimum atomic E-state index is 0.438. The number of benzene rings is 1. The van der Waals surface area contributed by atoms with Crippen molar-refractivity contribution in [1.82, 2.24) is 5.32 Å². The lowest BCUT2D eigenvalue weighted by Crippen LogP contribution is -2.28. The number of nitrogens with one attached hydrogen (secondary N) is 1. The van der Waals surface area contributed by atoms with Crippen LogP contribution in [-0.4, -0.2) is 14.2 Å². The molecule has 0 aromatic heterocycles. The van der Waals surface area contributed by atoms with Gasteiger partial charge < -0.3 is 10.1 Å². The molecule has 0 radical (unpaired) electrons. The Labute approximate surface area is 125 Å². The van der Waals surface area contributed by atoms with Crippen molar-refractivity contribution in [2.24, 2.45) is 11.8 Å². The average molecular weight is 326 g/mol. The van der Waals surface area contributed by atoms with E-state index in [2.05, 4.69) is 53.4 Å². The molecule has 0 aliphatic heterocycles. The summed E-state index contributed by atoms with van der Waals surface area (Å²) >= 11 is 3.69. The van der Waals surface area contributed by atoms with Crippen LogP contribution in [0.25, 0.3) is 0 Å². The smallest absolute Gasteiger partial charge is 0.120 e. The summed E-state index contributed by atoms with van der Waals surface area (Å²) in [5, 5.41) is 3.51. The highest BCUT2D eigenvalue weighted by atomic mass is 79.9. The van der Waals surface area contributed by atoms with Gasteiger partial charge in [-0.2, -0.15) is 0 Å². The summed E-state index contributed by atoms with van der Waals surface area (Å²) < 4.78 is 6.42. The predicted molar refractivity (Wildman–Crippen MR) is 83.6 cm³/mol. The molecule has 1 aliphatic carbocycles. The number of hydrogen-bond donors (Lipinski definition) is 1. The molecule has 1 atom stereocenters. The van der Waals surface area contributed by atoms with Crippen molar-refractivity contribution in [2.45, 2.75) is 38.6 Å². The Kier molecular flexibility index (Phi) is 5.28. The van der Waals surface area contributed by atoms with Gasteiger partial charge in [-0.15, -0.1) is 0 Å². The fourth-order valence-corrected chi connectivity index (χ4v) is 3.76. The second-order valence-corrected chi connectivity index (χ2v) is 6.53. The number of rotatable bonds is 4. The van der Waals surface area contributed by atoms with Gasteiger partial charge in [-0.05, 0) is 49.4 Å². The fraction of sp³-hybridized carbons (Fsp3) is 0.625. The molecule has 1 unspecified atom stereocenters. The highest BCUT2D eigenvalue weighted by Gasteiger charge is 2.27. The van der Waals surface area contributed by atoms with Gasteiger partial charge in [0.15, 0.2) is 0 Å².